The lowest BCUT2D eigenvalue weighted by atomic mass is 10.1. The number of halogens is 1. The summed E-state index contributed by atoms with van der Waals surface area (Å²) in [5, 5.41) is 12.8. The Labute approximate surface area is 167 Å². The van der Waals surface area contributed by atoms with Gasteiger partial charge >= 0.3 is 0 Å². The Morgan fingerprint density at radius 1 is 1.10 bits per heavy atom. The number of fused-ring (bicyclic) bond motifs is 1. The summed E-state index contributed by atoms with van der Waals surface area (Å²) in [6.07, 6.45) is 8.47. The van der Waals surface area contributed by atoms with Crippen LogP contribution < -0.4 is 0 Å². The molecule has 4 aromatic rings. The molecule has 1 aliphatic heterocycles. The van der Waals surface area contributed by atoms with E-state index in [-0.39, 0.29) is 5.82 Å². The van der Waals surface area contributed by atoms with Crippen LogP contribution in [0, 0.1) is 5.82 Å². The van der Waals surface area contributed by atoms with Crippen LogP contribution in [0.3, 0.4) is 0 Å². The molecule has 0 radical (unpaired) electrons. The van der Waals surface area contributed by atoms with Gasteiger partial charge in [0.25, 0.3) is 0 Å². The summed E-state index contributed by atoms with van der Waals surface area (Å²) in [6, 6.07) is 6.53. The van der Waals surface area contributed by atoms with E-state index in [9.17, 15) is 4.39 Å². The highest BCUT2D eigenvalue weighted by Gasteiger charge is 2.19. The smallest absolute Gasteiger partial charge is 0.187 e. The zero-order valence-corrected chi connectivity index (χ0v) is 16.1. The Kier molecular flexibility index (Phi) is 4.51. The molecule has 1 fully saturated rings. The van der Waals surface area contributed by atoms with E-state index in [1.54, 1.807) is 23.0 Å². The molecule has 0 spiro atoms. The first-order valence-electron chi connectivity index (χ1n) is 9.70. The minimum atomic E-state index is -0.296. The predicted molar refractivity (Wildman–Crippen MR) is 105 cm³/mol. The fraction of sp³-hybridized carbons (Fsp3) is 0.350. The molecule has 4 heterocycles. The van der Waals surface area contributed by atoms with Crippen molar-refractivity contribution in [2.24, 2.45) is 0 Å². The summed E-state index contributed by atoms with van der Waals surface area (Å²) < 4.78 is 16.9. The number of likely N-dealkylation sites (tertiary alicyclic amines) is 1. The SMILES string of the molecule is CN1CCC(n2cc(Cc3ncc4nnn(-c5ccc(F)cc5)c4n3)cn2)CC1. The molecule has 148 valence electrons. The fourth-order valence-electron chi connectivity index (χ4n) is 3.72. The van der Waals surface area contributed by atoms with Crippen molar-refractivity contribution in [1.29, 1.82) is 0 Å². The van der Waals surface area contributed by atoms with E-state index in [1.807, 2.05) is 6.20 Å². The van der Waals surface area contributed by atoms with Crippen molar-refractivity contribution in [2.45, 2.75) is 25.3 Å². The molecule has 3 aromatic heterocycles. The molecule has 0 aliphatic carbocycles. The third-order valence-electron chi connectivity index (χ3n) is 5.39. The third kappa shape index (κ3) is 3.61. The average molecular weight is 392 g/mol. The van der Waals surface area contributed by atoms with Crippen molar-refractivity contribution < 1.29 is 4.39 Å². The second-order valence-corrected chi connectivity index (χ2v) is 7.51. The lowest BCUT2D eigenvalue weighted by Crippen LogP contribution is -2.31. The van der Waals surface area contributed by atoms with Gasteiger partial charge in [-0.3, -0.25) is 4.68 Å². The largest absolute Gasteiger partial charge is 0.306 e. The van der Waals surface area contributed by atoms with Gasteiger partial charge in [0.1, 0.15) is 11.6 Å². The maximum Gasteiger partial charge on any atom is 0.187 e. The van der Waals surface area contributed by atoms with Crippen LogP contribution in [0.2, 0.25) is 0 Å². The second-order valence-electron chi connectivity index (χ2n) is 7.51. The van der Waals surface area contributed by atoms with Gasteiger partial charge in [-0.1, -0.05) is 5.21 Å². The number of nitrogens with zero attached hydrogens (tertiary/aromatic N) is 8. The van der Waals surface area contributed by atoms with Crippen molar-refractivity contribution in [3.8, 4) is 5.69 Å². The van der Waals surface area contributed by atoms with Crippen LogP contribution in [-0.2, 0) is 6.42 Å². The molecule has 5 rings (SSSR count). The van der Waals surface area contributed by atoms with E-state index in [1.165, 1.54) is 12.1 Å². The Bertz CT molecular complexity index is 1130. The van der Waals surface area contributed by atoms with Crippen molar-refractivity contribution in [3.63, 3.8) is 0 Å². The molecule has 9 heteroatoms. The van der Waals surface area contributed by atoms with Crippen molar-refractivity contribution in [2.75, 3.05) is 20.1 Å². The molecule has 0 atom stereocenters. The molecule has 0 unspecified atom stereocenters. The van der Waals surface area contributed by atoms with Crippen molar-refractivity contribution in [3.05, 3.63) is 60.1 Å². The summed E-state index contributed by atoms with van der Waals surface area (Å²) in [5.41, 5.74) is 2.97. The van der Waals surface area contributed by atoms with Gasteiger partial charge in [0.05, 0.1) is 24.1 Å². The highest BCUT2D eigenvalue weighted by atomic mass is 19.1. The van der Waals surface area contributed by atoms with E-state index in [0.29, 0.717) is 35.1 Å². The lowest BCUT2D eigenvalue weighted by Gasteiger charge is -2.28. The molecule has 0 amide bonds. The highest BCUT2D eigenvalue weighted by molar-refractivity contribution is 5.70. The first kappa shape index (κ1) is 17.9. The monoisotopic (exact) mass is 392 g/mol. The van der Waals surface area contributed by atoms with Crippen LogP contribution in [0.5, 0.6) is 0 Å². The Balaban J connectivity index is 1.38. The minimum absolute atomic E-state index is 0.296. The molecule has 1 aromatic carbocycles. The summed E-state index contributed by atoms with van der Waals surface area (Å²) in [7, 11) is 2.16. The molecule has 0 bridgehead atoms. The average Bonchev–Trinajstić information content (AvgIpc) is 3.36. The van der Waals surface area contributed by atoms with Crippen molar-refractivity contribution in [1.82, 2.24) is 39.6 Å². The summed E-state index contributed by atoms with van der Waals surface area (Å²) in [4.78, 5) is 11.4. The van der Waals surface area contributed by atoms with E-state index >= 15 is 0 Å². The highest BCUT2D eigenvalue weighted by Crippen LogP contribution is 2.22. The molecule has 8 nitrogen and oxygen atoms in total. The standard InChI is InChI=1S/C20H21FN8/c1-27-8-6-16(7-9-27)28-13-14(11-23-28)10-19-22-12-18-20(24-19)29(26-25-18)17-4-2-15(21)3-5-17/h2-5,11-13,16H,6-10H2,1H3. The molecule has 0 N–H and O–H groups in total. The van der Waals surface area contributed by atoms with Crippen molar-refractivity contribution >= 4 is 11.2 Å². The zero-order valence-electron chi connectivity index (χ0n) is 16.1. The van der Waals surface area contributed by atoms with Crippen LogP contribution in [0.25, 0.3) is 16.9 Å². The van der Waals surface area contributed by atoms with E-state index in [2.05, 4.69) is 48.2 Å². The molecule has 29 heavy (non-hydrogen) atoms. The quantitative estimate of drug-likeness (QED) is 0.531. The summed E-state index contributed by atoms with van der Waals surface area (Å²) in [6.45, 7) is 2.19. The van der Waals surface area contributed by atoms with Gasteiger partial charge in [0.2, 0.25) is 0 Å². The molecule has 1 aliphatic rings. The number of rotatable bonds is 4. The third-order valence-corrected chi connectivity index (χ3v) is 5.39. The Hall–Kier alpha value is -3.20. The van der Waals surface area contributed by atoms with Gasteiger partial charge in [-0.05, 0) is 62.8 Å². The maximum atomic E-state index is 13.2. The van der Waals surface area contributed by atoms with E-state index in [4.69, 9.17) is 0 Å². The molecular weight excluding hydrogens is 371 g/mol. The van der Waals surface area contributed by atoms with Gasteiger partial charge in [-0.2, -0.15) is 9.78 Å². The first-order valence-corrected chi connectivity index (χ1v) is 9.70. The minimum Gasteiger partial charge on any atom is -0.306 e. The second kappa shape index (κ2) is 7.32. The fourth-order valence-corrected chi connectivity index (χ4v) is 3.72. The summed E-state index contributed by atoms with van der Waals surface area (Å²) >= 11 is 0. The van der Waals surface area contributed by atoms with Gasteiger partial charge in [-0.15, -0.1) is 5.10 Å². The maximum absolute atomic E-state index is 13.2. The van der Waals surface area contributed by atoms with Crippen LogP contribution in [0.1, 0.15) is 30.3 Å². The first-order chi connectivity index (χ1) is 14.2. The van der Waals surface area contributed by atoms with Gasteiger partial charge in [-0.25, -0.2) is 14.4 Å². The summed E-state index contributed by atoms with van der Waals surface area (Å²) in [5.74, 6) is 0.376. The topological polar surface area (TPSA) is 77.5 Å². The molecule has 1 saturated heterocycles. The number of piperidine rings is 1. The van der Waals surface area contributed by atoms with Gasteiger partial charge in [0, 0.05) is 12.6 Å². The van der Waals surface area contributed by atoms with Crippen LogP contribution >= 0.6 is 0 Å². The number of benzene rings is 1. The van der Waals surface area contributed by atoms with Crippen LogP contribution in [-0.4, -0.2) is 59.8 Å². The normalized spacial score (nSPS) is 15.9. The van der Waals surface area contributed by atoms with E-state index < -0.39 is 0 Å². The predicted octanol–water partition coefficient (Wildman–Crippen LogP) is 2.40. The van der Waals surface area contributed by atoms with Crippen LogP contribution in [0.4, 0.5) is 4.39 Å². The number of hydrogen-bond acceptors (Lipinski definition) is 6. The Morgan fingerprint density at radius 3 is 2.69 bits per heavy atom. The number of hydrogen-bond donors (Lipinski definition) is 0. The van der Waals surface area contributed by atoms with Gasteiger partial charge in [0.15, 0.2) is 11.2 Å². The van der Waals surface area contributed by atoms with Gasteiger partial charge < -0.3 is 4.90 Å². The zero-order chi connectivity index (χ0) is 19.8. The van der Waals surface area contributed by atoms with Crippen LogP contribution in [0.15, 0.2) is 42.9 Å². The molecular formula is C20H21FN8. The van der Waals surface area contributed by atoms with E-state index in [0.717, 1.165) is 31.5 Å². The lowest BCUT2D eigenvalue weighted by molar-refractivity contribution is 0.212. The number of aromatic nitrogens is 7. The molecule has 0 saturated carbocycles. The Morgan fingerprint density at radius 2 is 1.90 bits per heavy atom.